The molecule has 8 nitrogen and oxygen atoms in total. The summed E-state index contributed by atoms with van der Waals surface area (Å²) in [7, 11) is -10.8. The average molecular weight is 457 g/mol. The molecule has 1 aliphatic carbocycles. The second kappa shape index (κ2) is 8.48. The number of benzene rings is 1. The third kappa shape index (κ3) is 4.00. The van der Waals surface area contributed by atoms with Crippen LogP contribution in [0, 0.1) is 0 Å². The molecule has 12 heteroatoms. The lowest BCUT2D eigenvalue weighted by Crippen LogP contribution is -2.48. The first-order valence-electron chi connectivity index (χ1n) is 7.37. The molecule has 0 unspecified atom stereocenters. The van der Waals surface area contributed by atoms with Crippen molar-refractivity contribution in [1.82, 2.24) is 0 Å². The van der Waals surface area contributed by atoms with Crippen molar-refractivity contribution in [2.24, 2.45) is 9.98 Å². The number of thiocarbonyl (C=S) groups is 2. The number of allylic oxidation sites excluding steroid dienone is 4. The van der Waals surface area contributed by atoms with Crippen molar-refractivity contribution in [2.45, 2.75) is 10.5 Å². The monoisotopic (exact) mass is 456 g/mol. The summed E-state index contributed by atoms with van der Waals surface area (Å²) in [4.78, 5) is 7.64. The zero-order valence-corrected chi connectivity index (χ0v) is 17.1. The van der Waals surface area contributed by atoms with Gasteiger partial charge in [-0.1, -0.05) is 48.6 Å². The van der Waals surface area contributed by atoms with Crippen molar-refractivity contribution >= 4 is 60.7 Å². The summed E-state index contributed by atoms with van der Waals surface area (Å²) >= 11 is 9.23. The lowest BCUT2D eigenvalue weighted by atomic mass is 9.97. The van der Waals surface area contributed by atoms with Crippen LogP contribution in [0.1, 0.15) is 12.0 Å². The van der Waals surface area contributed by atoms with E-state index in [-0.39, 0.29) is 11.4 Å². The molecule has 0 aromatic heterocycles. The van der Waals surface area contributed by atoms with Gasteiger partial charge in [-0.25, -0.2) is 0 Å². The summed E-state index contributed by atoms with van der Waals surface area (Å²) in [5.74, 6) is 0. The molecule has 0 saturated carbocycles. The highest BCUT2D eigenvalue weighted by Crippen LogP contribution is 2.44. The fourth-order valence-electron chi connectivity index (χ4n) is 2.69. The zero-order chi connectivity index (χ0) is 21.0. The quantitative estimate of drug-likeness (QED) is 0.379. The minimum Gasteiger partial charge on any atom is -0.284 e. The first kappa shape index (κ1) is 22.2. The van der Waals surface area contributed by atoms with E-state index in [1.807, 2.05) is 5.16 Å². The van der Waals surface area contributed by atoms with Gasteiger partial charge in [0.25, 0.3) is 24.3 Å². The van der Waals surface area contributed by atoms with E-state index in [4.69, 9.17) is 0 Å². The van der Waals surface area contributed by atoms with E-state index in [1.54, 1.807) is 30.3 Å². The highest BCUT2D eigenvalue weighted by atomic mass is 32.3. The molecule has 28 heavy (non-hydrogen) atoms. The molecule has 0 fully saturated rings. The van der Waals surface area contributed by atoms with Crippen LogP contribution < -0.4 is 0 Å². The van der Waals surface area contributed by atoms with Crippen LogP contribution in [0.3, 0.4) is 0 Å². The zero-order valence-electron chi connectivity index (χ0n) is 13.9. The maximum atomic E-state index is 12.2. The summed E-state index contributed by atoms with van der Waals surface area (Å²) in [6.45, 7) is 0. The Balaban J connectivity index is 3.06. The van der Waals surface area contributed by atoms with E-state index in [1.165, 1.54) is 6.08 Å². The van der Waals surface area contributed by atoms with Crippen LogP contribution in [0.25, 0.3) is 5.70 Å². The summed E-state index contributed by atoms with van der Waals surface area (Å²) < 4.78 is 65.1. The summed E-state index contributed by atoms with van der Waals surface area (Å²) in [5, 5.41) is 4.13. The number of isothiocyanates is 2. The van der Waals surface area contributed by atoms with Crippen LogP contribution in [0.5, 0.6) is 0 Å². The summed E-state index contributed by atoms with van der Waals surface area (Å²) in [6.07, 6.45) is 2.80. The van der Waals surface area contributed by atoms with Crippen molar-refractivity contribution in [3.63, 3.8) is 0 Å². The van der Waals surface area contributed by atoms with E-state index < -0.39 is 36.3 Å². The normalized spacial score (nSPS) is 16.9. The van der Waals surface area contributed by atoms with Crippen molar-refractivity contribution in [3.8, 4) is 0 Å². The molecule has 0 amide bonds. The molecule has 0 aliphatic heterocycles. The van der Waals surface area contributed by atoms with E-state index in [9.17, 15) is 25.9 Å². The number of hydrogen-bond donors (Lipinski definition) is 2. The standard InChI is InChI=1S/C16H12N2O6S4/c19-27(20,21)16(28(22,23)24)9-5-4-8-13(16)15(18-11-26)14(17-10-25)12-6-2-1-3-7-12/h1-8H,9H2,(H,19,20,21)(H,22,23,24). The topological polar surface area (TPSA) is 133 Å². The fourth-order valence-corrected chi connectivity index (χ4v) is 5.43. The maximum Gasteiger partial charge on any atom is 0.292 e. The van der Waals surface area contributed by atoms with E-state index in [0.717, 1.165) is 12.2 Å². The van der Waals surface area contributed by atoms with Gasteiger partial charge < -0.3 is 0 Å². The summed E-state index contributed by atoms with van der Waals surface area (Å²) in [5.41, 5.74) is -0.631. The molecule has 2 N–H and O–H groups in total. The smallest absolute Gasteiger partial charge is 0.284 e. The molecule has 0 spiro atoms. The molecule has 146 valence electrons. The molecular formula is C16H12N2O6S4. The van der Waals surface area contributed by atoms with Crippen LogP contribution in [-0.2, 0) is 20.2 Å². The van der Waals surface area contributed by atoms with Crippen molar-refractivity contribution in [1.29, 1.82) is 0 Å². The van der Waals surface area contributed by atoms with Crippen molar-refractivity contribution in [2.75, 3.05) is 0 Å². The van der Waals surface area contributed by atoms with Gasteiger partial charge in [0.05, 0.1) is 10.3 Å². The molecule has 0 radical (unpaired) electrons. The summed E-state index contributed by atoms with van der Waals surface area (Å²) in [6, 6.07) is 8.13. The van der Waals surface area contributed by atoms with Gasteiger partial charge in [-0.2, -0.15) is 26.8 Å². The van der Waals surface area contributed by atoms with Gasteiger partial charge in [-0.3, -0.25) is 9.11 Å². The van der Waals surface area contributed by atoms with E-state index in [0.29, 0.717) is 5.56 Å². The van der Waals surface area contributed by atoms with Gasteiger partial charge in [-0.05, 0) is 24.4 Å². The Morgan fingerprint density at radius 3 is 2.00 bits per heavy atom. The first-order valence-corrected chi connectivity index (χ1v) is 11.1. The van der Waals surface area contributed by atoms with Crippen LogP contribution in [0.2, 0.25) is 0 Å². The molecule has 0 atom stereocenters. The third-order valence-electron chi connectivity index (χ3n) is 3.87. The first-order chi connectivity index (χ1) is 13.1. The minimum atomic E-state index is -5.39. The van der Waals surface area contributed by atoms with Crippen molar-refractivity contribution in [3.05, 3.63) is 65.4 Å². The van der Waals surface area contributed by atoms with E-state index in [2.05, 4.69) is 39.6 Å². The molecule has 0 bridgehead atoms. The molecular weight excluding hydrogens is 444 g/mol. The molecule has 0 heterocycles. The molecule has 1 aromatic carbocycles. The lowest BCUT2D eigenvalue weighted by Gasteiger charge is -2.31. The van der Waals surface area contributed by atoms with Gasteiger partial charge in [0.2, 0.25) is 0 Å². The highest BCUT2D eigenvalue weighted by molar-refractivity contribution is 8.05. The largest absolute Gasteiger partial charge is 0.292 e. The van der Waals surface area contributed by atoms with Gasteiger partial charge in [0.15, 0.2) is 0 Å². The van der Waals surface area contributed by atoms with Crippen molar-refractivity contribution < 1.29 is 25.9 Å². The Morgan fingerprint density at radius 1 is 0.964 bits per heavy atom. The predicted octanol–water partition coefficient (Wildman–Crippen LogP) is 2.92. The maximum absolute atomic E-state index is 12.2. The second-order valence-corrected chi connectivity index (χ2v) is 9.30. The number of aliphatic imine (C=N–C) groups is 2. The average Bonchev–Trinajstić information content (AvgIpc) is 2.63. The van der Waals surface area contributed by atoms with Gasteiger partial charge >= 0.3 is 0 Å². The Bertz CT molecular complexity index is 1150. The SMILES string of the molecule is O=S(=O)(O)C1(S(=O)(=O)O)CC=CC=C1C(N=C=S)=C(N=C=S)c1ccccc1. The Morgan fingerprint density at radius 2 is 1.50 bits per heavy atom. The van der Waals surface area contributed by atoms with Gasteiger partial charge in [0, 0.05) is 17.6 Å². The molecule has 1 aliphatic rings. The highest BCUT2D eigenvalue weighted by Gasteiger charge is 2.58. The third-order valence-corrected chi connectivity index (χ3v) is 7.76. The minimum absolute atomic E-state index is 0.0776. The molecule has 2 rings (SSSR count). The predicted molar refractivity (Wildman–Crippen MR) is 111 cm³/mol. The van der Waals surface area contributed by atoms with Gasteiger partial charge in [-0.15, -0.1) is 0 Å². The van der Waals surface area contributed by atoms with Crippen LogP contribution >= 0.6 is 24.4 Å². The van der Waals surface area contributed by atoms with Crippen LogP contribution in [-0.4, -0.2) is 40.3 Å². The molecule has 1 aromatic rings. The number of rotatable bonds is 6. The fraction of sp³-hybridized carbons (Fsp3) is 0.125. The van der Waals surface area contributed by atoms with Crippen LogP contribution in [0.15, 0.2) is 69.8 Å². The lowest BCUT2D eigenvalue weighted by molar-refractivity contribution is 0.433. The van der Waals surface area contributed by atoms with E-state index >= 15 is 0 Å². The molecule has 0 saturated heterocycles. The number of hydrogen-bond acceptors (Lipinski definition) is 8. The Labute approximate surface area is 172 Å². The van der Waals surface area contributed by atoms with Crippen LogP contribution in [0.4, 0.5) is 0 Å². The van der Waals surface area contributed by atoms with Gasteiger partial charge in [0.1, 0.15) is 11.4 Å². The Hall–Kier alpha value is -2.14. The Kier molecular flexibility index (Phi) is 6.71. The number of nitrogens with zero attached hydrogens (tertiary/aromatic N) is 2. The second-order valence-electron chi connectivity index (χ2n) is 5.39.